The number of benzene rings is 1. The molecule has 9 heteroatoms. The first-order chi connectivity index (χ1) is 14.6. The van der Waals surface area contributed by atoms with Gasteiger partial charge in [0.25, 0.3) is 5.91 Å². The first kappa shape index (κ1) is 20.9. The minimum atomic E-state index is -3.97. The van der Waals surface area contributed by atoms with Crippen LogP contribution in [0.2, 0.25) is 0 Å². The third-order valence-electron chi connectivity index (χ3n) is 7.57. The molecule has 7 nitrogen and oxygen atoms in total. The lowest BCUT2D eigenvalue weighted by Gasteiger charge is -2.57. The van der Waals surface area contributed by atoms with E-state index in [-0.39, 0.29) is 16.8 Å². The molecule has 1 saturated heterocycles. The minimum Gasteiger partial charge on any atom is -0.379 e. The molecule has 1 heterocycles. The van der Waals surface area contributed by atoms with Gasteiger partial charge in [0.1, 0.15) is 5.82 Å². The molecule has 3 N–H and O–H groups in total. The predicted octanol–water partition coefficient (Wildman–Crippen LogP) is 3.27. The van der Waals surface area contributed by atoms with Crippen molar-refractivity contribution in [2.75, 3.05) is 18.4 Å². The highest BCUT2D eigenvalue weighted by Crippen LogP contribution is 2.56. The summed E-state index contributed by atoms with van der Waals surface area (Å²) in [6.07, 6.45) is 7.79. The second-order valence-electron chi connectivity index (χ2n) is 10.0. The van der Waals surface area contributed by atoms with Crippen LogP contribution in [0.4, 0.5) is 10.1 Å². The van der Waals surface area contributed by atoms with Gasteiger partial charge in [-0.15, -0.1) is 0 Å². The van der Waals surface area contributed by atoms with Gasteiger partial charge in [0.05, 0.1) is 5.56 Å². The second-order valence-corrected chi connectivity index (χ2v) is 11.7. The van der Waals surface area contributed by atoms with E-state index in [0.29, 0.717) is 42.1 Å². The van der Waals surface area contributed by atoms with Crippen LogP contribution in [-0.2, 0) is 10.2 Å². The molecule has 1 aromatic carbocycles. The summed E-state index contributed by atoms with van der Waals surface area (Å²) in [6, 6.07) is 2.57. The van der Waals surface area contributed by atoms with Crippen LogP contribution in [0.5, 0.6) is 0 Å². The Labute approximate surface area is 182 Å². The van der Waals surface area contributed by atoms with Crippen LogP contribution in [0, 0.1) is 29.0 Å². The predicted molar refractivity (Wildman–Crippen MR) is 116 cm³/mol. The number of amides is 1. The van der Waals surface area contributed by atoms with E-state index in [9.17, 15) is 17.6 Å². The van der Waals surface area contributed by atoms with Crippen molar-refractivity contribution >= 4 is 27.5 Å². The van der Waals surface area contributed by atoms with Crippen molar-refractivity contribution in [3.8, 4) is 0 Å². The van der Waals surface area contributed by atoms with Gasteiger partial charge in [0.15, 0.2) is 0 Å². The number of rotatable bonds is 6. The van der Waals surface area contributed by atoms with Gasteiger partial charge < -0.3 is 10.7 Å². The average molecular weight is 449 g/mol. The molecule has 0 radical (unpaired) electrons. The maximum absolute atomic E-state index is 15.0. The molecule has 4 aliphatic carbocycles. The smallest absolute Gasteiger partial charge is 0.304 e. The lowest BCUT2D eigenvalue weighted by atomic mass is 9.53. The SMILES string of the molecule is CC(=N)c1cc(C(=O)NS(=O)(=O)N2CCC2)c(F)cc1NC12CC3CC(CC(C3)C1)C2. The molecular formula is C22H29FN4O3S. The topological polar surface area (TPSA) is 102 Å². The van der Waals surface area contributed by atoms with Crippen LogP contribution < -0.4 is 10.0 Å². The molecule has 4 bridgehead atoms. The zero-order chi connectivity index (χ0) is 22.0. The molecule has 0 unspecified atom stereocenters. The second kappa shape index (κ2) is 7.27. The molecule has 0 aromatic heterocycles. The van der Waals surface area contributed by atoms with Crippen LogP contribution in [0.15, 0.2) is 12.1 Å². The molecule has 4 saturated carbocycles. The lowest BCUT2D eigenvalue weighted by molar-refractivity contribution is 0.0107. The molecule has 5 fully saturated rings. The van der Waals surface area contributed by atoms with E-state index in [2.05, 4.69) is 5.32 Å². The summed E-state index contributed by atoms with van der Waals surface area (Å²) >= 11 is 0. The molecule has 0 atom stereocenters. The first-order valence-corrected chi connectivity index (χ1v) is 12.6. The number of halogens is 1. The molecule has 5 aliphatic rings. The number of carbonyl (C=O) groups excluding carboxylic acids is 1. The maximum atomic E-state index is 15.0. The van der Waals surface area contributed by atoms with E-state index in [0.717, 1.165) is 30.0 Å². The molecule has 0 spiro atoms. The van der Waals surface area contributed by atoms with Crippen molar-refractivity contribution < 1.29 is 17.6 Å². The normalized spacial score (nSPS) is 31.9. The van der Waals surface area contributed by atoms with Crippen molar-refractivity contribution in [2.24, 2.45) is 17.8 Å². The van der Waals surface area contributed by atoms with Crippen LogP contribution in [0.3, 0.4) is 0 Å². The van der Waals surface area contributed by atoms with Gasteiger partial charge >= 0.3 is 10.2 Å². The zero-order valence-corrected chi connectivity index (χ0v) is 18.5. The first-order valence-electron chi connectivity index (χ1n) is 11.1. The Morgan fingerprint density at radius 1 is 1.10 bits per heavy atom. The number of hydrogen-bond donors (Lipinski definition) is 3. The summed E-state index contributed by atoms with van der Waals surface area (Å²) < 4.78 is 42.6. The van der Waals surface area contributed by atoms with E-state index in [4.69, 9.17) is 5.41 Å². The van der Waals surface area contributed by atoms with E-state index in [1.807, 2.05) is 4.72 Å². The van der Waals surface area contributed by atoms with Crippen LogP contribution >= 0.6 is 0 Å². The van der Waals surface area contributed by atoms with Gasteiger partial charge in [-0.3, -0.25) is 4.79 Å². The number of hydrogen-bond acceptors (Lipinski definition) is 5. The van der Waals surface area contributed by atoms with Crippen molar-refractivity contribution in [3.05, 3.63) is 29.1 Å². The molecule has 1 aromatic rings. The van der Waals surface area contributed by atoms with Crippen molar-refractivity contribution in [1.82, 2.24) is 9.03 Å². The molecule has 1 amide bonds. The minimum absolute atomic E-state index is 0.0734. The Morgan fingerprint density at radius 2 is 1.68 bits per heavy atom. The summed E-state index contributed by atoms with van der Waals surface area (Å²) in [5, 5.41) is 11.8. The van der Waals surface area contributed by atoms with Gasteiger partial charge in [-0.1, -0.05) is 0 Å². The van der Waals surface area contributed by atoms with Gasteiger partial charge in [-0.25, -0.2) is 9.11 Å². The Hall–Kier alpha value is -2.00. The number of anilines is 1. The molecular weight excluding hydrogens is 419 g/mol. The highest BCUT2D eigenvalue weighted by atomic mass is 32.2. The quantitative estimate of drug-likeness (QED) is 0.581. The molecule has 6 rings (SSSR count). The fourth-order valence-corrected chi connectivity index (χ4v) is 7.69. The van der Waals surface area contributed by atoms with Crippen LogP contribution in [-0.4, -0.2) is 43.0 Å². The summed E-state index contributed by atoms with van der Waals surface area (Å²) in [7, 11) is -3.97. The van der Waals surface area contributed by atoms with Crippen molar-refractivity contribution in [1.29, 1.82) is 5.41 Å². The lowest BCUT2D eigenvalue weighted by Crippen LogP contribution is -2.55. The van der Waals surface area contributed by atoms with Gasteiger partial charge in [-0.05, 0) is 81.8 Å². The summed E-state index contributed by atoms with van der Waals surface area (Å²) in [5.41, 5.74) is 0.724. The van der Waals surface area contributed by atoms with Gasteiger partial charge in [0.2, 0.25) is 0 Å². The highest BCUT2D eigenvalue weighted by molar-refractivity contribution is 7.87. The Balaban J connectivity index is 1.42. The zero-order valence-electron chi connectivity index (χ0n) is 17.7. The molecule has 1 aliphatic heterocycles. The summed E-state index contributed by atoms with van der Waals surface area (Å²) in [4.78, 5) is 12.6. The summed E-state index contributed by atoms with van der Waals surface area (Å²) in [6.45, 7) is 2.30. The van der Waals surface area contributed by atoms with Crippen LogP contribution in [0.25, 0.3) is 0 Å². The Morgan fingerprint density at radius 3 is 2.16 bits per heavy atom. The van der Waals surface area contributed by atoms with E-state index >= 15 is 0 Å². The Kier molecular flexibility index (Phi) is 4.89. The molecule has 31 heavy (non-hydrogen) atoms. The standard InChI is InChI=1S/C22H29FN4O3S/c1-13(24)17-8-18(21(28)26-31(29,30)27-3-2-4-27)19(23)9-20(17)25-22-10-14-5-15(11-22)7-16(6-14)12-22/h8-9,14-16,24-25H,2-7,10-12H2,1H3,(H,26,28). The highest BCUT2D eigenvalue weighted by Gasteiger charge is 2.51. The number of nitrogens with one attached hydrogen (secondary N) is 3. The van der Waals surface area contributed by atoms with E-state index in [1.165, 1.54) is 31.4 Å². The van der Waals surface area contributed by atoms with Gasteiger partial charge in [0, 0.05) is 35.6 Å². The maximum Gasteiger partial charge on any atom is 0.304 e. The van der Waals surface area contributed by atoms with Crippen LogP contribution in [0.1, 0.15) is 67.8 Å². The fourth-order valence-electron chi connectivity index (χ4n) is 6.47. The number of carbonyl (C=O) groups is 1. The van der Waals surface area contributed by atoms with Crippen molar-refractivity contribution in [2.45, 2.75) is 57.4 Å². The summed E-state index contributed by atoms with van der Waals surface area (Å²) in [5.74, 6) is 0.349. The van der Waals surface area contributed by atoms with Gasteiger partial charge in [-0.2, -0.15) is 12.7 Å². The monoisotopic (exact) mass is 448 g/mol. The average Bonchev–Trinajstić information content (AvgIpc) is 2.57. The Bertz CT molecular complexity index is 1020. The van der Waals surface area contributed by atoms with E-state index < -0.39 is 21.9 Å². The fraction of sp³-hybridized carbons (Fsp3) is 0.636. The van der Waals surface area contributed by atoms with Crippen molar-refractivity contribution in [3.63, 3.8) is 0 Å². The molecule has 168 valence electrons. The third kappa shape index (κ3) is 3.75. The van der Waals surface area contributed by atoms with E-state index in [1.54, 1.807) is 6.92 Å². The third-order valence-corrected chi connectivity index (χ3v) is 9.06. The largest absolute Gasteiger partial charge is 0.379 e. The number of nitrogens with zero attached hydrogens (tertiary/aromatic N) is 1.